The van der Waals surface area contributed by atoms with Crippen LogP contribution < -0.4 is 10.8 Å². The molecule has 1 atom stereocenters. The monoisotopic (exact) mass is 333 g/mol. The standard InChI is InChI=1S/C19H16BNO4/c20-12-4-6-14-13-5-3-11(8-17(13)25-18(14)9-12)16(22)10-24-19(23)15-2-1-7-21-15/h3-6,8-9,15,21H,1-2,7,10H2/t15-/m0/s1. The van der Waals surface area contributed by atoms with Gasteiger partial charge in [-0.3, -0.25) is 9.59 Å². The summed E-state index contributed by atoms with van der Waals surface area (Å²) in [6.07, 6.45) is 1.70. The van der Waals surface area contributed by atoms with Gasteiger partial charge in [-0.25, -0.2) is 0 Å². The van der Waals surface area contributed by atoms with Crippen molar-refractivity contribution in [2.75, 3.05) is 13.2 Å². The third-order valence-electron chi connectivity index (χ3n) is 4.51. The largest absolute Gasteiger partial charge is 0.456 e. The van der Waals surface area contributed by atoms with Gasteiger partial charge in [0, 0.05) is 16.3 Å². The van der Waals surface area contributed by atoms with Crippen molar-refractivity contribution in [3.63, 3.8) is 0 Å². The molecule has 124 valence electrons. The van der Waals surface area contributed by atoms with Gasteiger partial charge in [0.2, 0.25) is 0 Å². The van der Waals surface area contributed by atoms with Gasteiger partial charge in [0.1, 0.15) is 25.1 Å². The molecule has 2 heterocycles. The van der Waals surface area contributed by atoms with Gasteiger partial charge in [-0.15, -0.1) is 0 Å². The molecule has 4 rings (SSSR count). The molecule has 3 aromatic rings. The second kappa shape index (κ2) is 6.37. The van der Waals surface area contributed by atoms with Crippen LogP contribution in [-0.2, 0) is 9.53 Å². The molecule has 1 saturated heterocycles. The van der Waals surface area contributed by atoms with Crippen LogP contribution >= 0.6 is 0 Å². The highest BCUT2D eigenvalue weighted by molar-refractivity contribution is 6.33. The second-order valence-electron chi connectivity index (χ2n) is 6.25. The molecule has 0 amide bonds. The highest BCUT2D eigenvalue weighted by Crippen LogP contribution is 2.28. The van der Waals surface area contributed by atoms with Crippen LogP contribution in [0.15, 0.2) is 40.8 Å². The SMILES string of the molecule is [B]c1ccc2c(c1)oc1cc(C(=O)COC(=O)[C@@H]3CCCN3)ccc12. The summed E-state index contributed by atoms with van der Waals surface area (Å²) in [7, 11) is 5.78. The number of carbonyl (C=O) groups excluding carboxylic acids is 2. The number of ketones is 1. The van der Waals surface area contributed by atoms with E-state index in [0.717, 1.165) is 30.2 Å². The lowest BCUT2D eigenvalue weighted by Gasteiger charge is -2.09. The van der Waals surface area contributed by atoms with Crippen LogP contribution in [0, 0.1) is 0 Å². The van der Waals surface area contributed by atoms with Crippen LogP contribution in [0.2, 0.25) is 0 Å². The minimum Gasteiger partial charge on any atom is -0.456 e. The number of esters is 1. The number of benzene rings is 2. The van der Waals surface area contributed by atoms with Crippen molar-refractivity contribution >= 4 is 47.0 Å². The molecule has 5 nitrogen and oxygen atoms in total. The molecule has 1 fully saturated rings. The van der Waals surface area contributed by atoms with Crippen LogP contribution in [0.1, 0.15) is 23.2 Å². The third kappa shape index (κ3) is 3.05. The van der Waals surface area contributed by atoms with Gasteiger partial charge in [0.25, 0.3) is 0 Å². The number of rotatable bonds is 4. The number of hydrogen-bond acceptors (Lipinski definition) is 5. The van der Waals surface area contributed by atoms with Crippen molar-refractivity contribution in [3.8, 4) is 0 Å². The Hall–Kier alpha value is -2.60. The van der Waals surface area contributed by atoms with Gasteiger partial charge < -0.3 is 14.5 Å². The fraction of sp³-hybridized carbons (Fsp3) is 0.263. The first kappa shape index (κ1) is 15.9. The van der Waals surface area contributed by atoms with Crippen LogP contribution in [0.5, 0.6) is 0 Å². The number of Topliss-reactive ketones (excluding diaryl/α,β-unsaturated/α-hetero) is 1. The molecule has 1 aromatic heterocycles. The molecule has 0 aliphatic carbocycles. The molecule has 6 heteroatoms. The zero-order valence-corrected chi connectivity index (χ0v) is 13.6. The molecule has 0 saturated carbocycles. The van der Waals surface area contributed by atoms with Crippen molar-refractivity contribution in [3.05, 3.63) is 42.0 Å². The lowest BCUT2D eigenvalue weighted by atomic mass is 9.95. The Bertz CT molecular complexity index is 972. The number of hydrogen-bond donors (Lipinski definition) is 1. The van der Waals surface area contributed by atoms with Gasteiger partial charge in [-0.2, -0.15) is 0 Å². The summed E-state index contributed by atoms with van der Waals surface area (Å²) in [5, 5.41) is 4.91. The summed E-state index contributed by atoms with van der Waals surface area (Å²) >= 11 is 0. The molecular formula is C19H16BNO4. The van der Waals surface area contributed by atoms with Crippen molar-refractivity contribution in [1.29, 1.82) is 0 Å². The Morgan fingerprint density at radius 1 is 1.16 bits per heavy atom. The number of fused-ring (bicyclic) bond motifs is 3. The van der Waals surface area contributed by atoms with Gasteiger partial charge in [-0.05, 0) is 37.6 Å². The van der Waals surface area contributed by atoms with Gasteiger partial charge >= 0.3 is 5.97 Å². The average Bonchev–Trinajstić information content (AvgIpc) is 3.25. The summed E-state index contributed by atoms with van der Waals surface area (Å²) in [6.45, 7) is 0.538. The lowest BCUT2D eigenvalue weighted by molar-refractivity contribution is -0.144. The van der Waals surface area contributed by atoms with E-state index in [1.165, 1.54) is 0 Å². The summed E-state index contributed by atoms with van der Waals surface area (Å²) in [5.41, 5.74) is 2.36. The molecule has 2 aromatic carbocycles. The highest BCUT2D eigenvalue weighted by Gasteiger charge is 2.24. The van der Waals surface area contributed by atoms with E-state index < -0.39 is 0 Å². The zero-order chi connectivity index (χ0) is 17.4. The summed E-state index contributed by atoms with van der Waals surface area (Å²) in [4.78, 5) is 24.2. The molecule has 1 aliphatic rings. The summed E-state index contributed by atoms with van der Waals surface area (Å²) in [6, 6.07) is 10.4. The van der Waals surface area contributed by atoms with Crippen LogP contribution in [0.3, 0.4) is 0 Å². The summed E-state index contributed by atoms with van der Waals surface area (Å²) < 4.78 is 10.9. The van der Waals surface area contributed by atoms with Crippen LogP contribution in [-0.4, -0.2) is 38.8 Å². The minimum atomic E-state index is -0.369. The maximum absolute atomic E-state index is 12.3. The zero-order valence-electron chi connectivity index (χ0n) is 13.6. The van der Waals surface area contributed by atoms with E-state index in [1.807, 2.05) is 18.2 Å². The Labute approximate surface area is 145 Å². The number of ether oxygens (including phenoxy) is 1. The Morgan fingerprint density at radius 3 is 2.68 bits per heavy atom. The molecule has 0 spiro atoms. The Kier molecular flexibility index (Phi) is 4.05. The number of furan rings is 1. The average molecular weight is 333 g/mol. The first-order chi connectivity index (χ1) is 12.1. The van der Waals surface area contributed by atoms with E-state index in [-0.39, 0.29) is 24.4 Å². The quantitative estimate of drug-likeness (QED) is 0.448. The van der Waals surface area contributed by atoms with Crippen molar-refractivity contribution < 1.29 is 18.7 Å². The van der Waals surface area contributed by atoms with Crippen molar-refractivity contribution in [1.82, 2.24) is 5.32 Å². The minimum absolute atomic E-state index is 0.256. The molecule has 0 unspecified atom stereocenters. The maximum atomic E-state index is 12.3. The molecule has 1 N–H and O–H groups in total. The van der Waals surface area contributed by atoms with E-state index in [1.54, 1.807) is 18.2 Å². The maximum Gasteiger partial charge on any atom is 0.323 e. The first-order valence-electron chi connectivity index (χ1n) is 8.27. The van der Waals surface area contributed by atoms with E-state index in [2.05, 4.69) is 5.32 Å². The van der Waals surface area contributed by atoms with E-state index in [9.17, 15) is 9.59 Å². The number of carbonyl (C=O) groups is 2. The predicted molar refractivity (Wildman–Crippen MR) is 95.4 cm³/mol. The topological polar surface area (TPSA) is 68.5 Å². The van der Waals surface area contributed by atoms with Crippen LogP contribution in [0.25, 0.3) is 21.9 Å². The fourth-order valence-corrected chi connectivity index (χ4v) is 3.17. The molecule has 25 heavy (non-hydrogen) atoms. The Balaban J connectivity index is 1.53. The van der Waals surface area contributed by atoms with Gasteiger partial charge in [0.15, 0.2) is 12.4 Å². The van der Waals surface area contributed by atoms with Crippen LogP contribution in [0.4, 0.5) is 0 Å². The predicted octanol–water partition coefficient (Wildman–Crippen LogP) is 1.86. The molecule has 1 aliphatic heterocycles. The van der Waals surface area contributed by atoms with Crippen molar-refractivity contribution in [2.24, 2.45) is 0 Å². The smallest absolute Gasteiger partial charge is 0.323 e. The molecular weight excluding hydrogens is 317 g/mol. The molecule has 2 radical (unpaired) electrons. The number of nitrogens with one attached hydrogen (secondary N) is 1. The van der Waals surface area contributed by atoms with E-state index in [4.69, 9.17) is 17.0 Å². The fourth-order valence-electron chi connectivity index (χ4n) is 3.17. The third-order valence-corrected chi connectivity index (χ3v) is 4.51. The highest BCUT2D eigenvalue weighted by atomic mass is 16.5. The lowest BCUT2D eigenvalue weighted by Crippen LogP contribution is -2.33. The van der Waals surface area contributed by atoms with E-state index >= 15 is 0 Å². The second-order valence-corrected chi connectivity index (χ2v) is 6.25. The van der Waals surface area contributed by atoms with Gasteiger partial charge in [-0.1, -0.05) is 23.7 Å². The van der Waals surface area contributed by atoms with Crippen molar-refractivity contribution in [2.45, 2.75) is 18.9 Å². The normalized spacial score (nSPS) is 17.2. The molecule has 0 bridgehead atoms. The Morgan fingerprint density at radius 2 is 1.92 bits per heavy atom. The van der Waals surface area contributed by atoms with E-state index in [0.29, 0.717) is 22.2 Å². The first-order valence-corrected chi connectivity index (χ1v) is 8.27. The summed E-state index contributed by atoms with van der Waals surface area (Å²) in [5.74, 6) is -0.626. The van der Waals surface area contributed by atoms with Gasteiger partial charge in [0.05, 0.1) is 0 Å².